The molecule has 1 aromatic heterocycles. The average Bonchev–Trinajstić information content (AvgIpc) is 2.19. The Bertz CT molecular complexity index is 334. The van der Waals surface area contributed by atoms with Gasteiger partial charge in [0.15, 0.2) is 0 Å². The molecule has 0 spiro atoms. The third kappa shape index (κ3) is 2.68. The minimum absolute atomic E-state index is 0.0381. The molecule has 0 saturated heterocycles. The fourth-order valence-electron chi connectivity index (χ4n) is 1.01. The van der Waals surface area contributed by atoms with E-state index in [1.807, 2.05) is 20.0 Å². The summed E-state index contributed by atoms with van der Waals surface area (Å²) in [6, 6.07) is 1.92. The number of nitriles is 1. The summed E-state index contributed by atoms with van der Waals surface area (Å²) >= 11 is 0. The smallest absolute Gasteiger partial charge is 0.251 e. The number of ether oxygens (including phenoxy) is 1. The molecule has 0 fully saturated rings. The molecule has 1 rings (SSSR count). The molecule has 5 heteroatoms. The van der Waals surface area contributed by atoms with Crippen LogP contribution in [0, 0.1) is 11.3 Å². The third-order valence-corrected chi connectivity index (χ3v) is 1.57. The van der Waals surface area contributed by atoms with Crippen LogP contribution in [-0.2, 0) is 0 Å². The lowest BCUT2D eigenvalue weighted by Gasteiger charge is -2.12. The van der Waals surface area contributed by atoms with Crippen LogP contribution in [0.15, 0.2) is 12.4 Å². The lowest BCUT2D eigenvalue weighted by atomic mass is 10.4. The highest BCUT2D eigenvalue weighted by Gasteiger charge is 2.09. The molecule has 1 atom stereocenters. The average molecular weight is 192 g/mol. The summed E-state index contributed by atoms with van der Waals surface area (Å²) in [4.78, 5) is 7.78. The van der Waals surface area contributed by atoms with Gasteiger partial charge in [-0.1, -0.05) is 0 Å². The standard InChI is InChI=1S/C9H12N4O/c1-7(6-11-2)14-9-8(5-10)12-3-4-13-9/h3-4,7,11H,6H2,1-2H3. The first-order valence-electron chi connectivity index (χ1n) is 4.30. The molecule has 0 amide bonds. The molecular weight excluding hydrogens is 180 g/mol. The highest BCUT2D eigenvalue weighted by atomic mass is 16.5. The van der Waals surface area contributed by atoms with Gasteiger partial charge in [0.05, 0.1) is 0 Å². The van der Waals surface area contributed by atoms with E-state index in [0.717, 1.165) is 0 Å². The van der Waals surface area contributed by atoms with E-state index >= 15 is 0 Å². The number of rotatable bonds is 4. The van der Waals surface area contributed by atoms with Crippen LogP contribution in [0.3, 0.4) is 0 Å². The van der Waals surface area contributed by atoms with Crippen molar-refractivity contribution in [3.05, 3.63) is 18.1 Å². The Hall–Kier alpha value is -1.67. The van der Waals surface area contributed by atoms with Crippen LogP contribution < -0.4 is 10.1 Å². The van der Waals surface area contributed by atoms with E-state index in [1.54, 1.807) is 0 Å². The molecule has 74 valence electrons. The topological polar surface area (TPSA) is 70.8 Å². The number of nitrogens with zero attached hydrogens (tertiary/aromatic N) is 3. The number of likely N-dealkylation sites (N-methyl/N-ethyl adjacent to an activating group) is 1. The van der Waals surface area contributed by atoms with Crippen molar-refractivity contribution in [2.75, 3.05) is 13.6 Å². The minimum atomic E-state index is -0.0381. The van der Waals surface area contributed by atoms with E-state index in [1.165, 1.54) is 12.4 Å². The maximum Gasteiger partial charge on any atom is 0.251 e. The molecule has 1 N–H and O–H groups in total. The molecular formula is C9H12N4O. The number of aromatic nitrogens is 2. The summed E-state index contributed by atoms with van der Waals surface area (Å²) in [6.07, 6.45) is 2.93. The normalized spacial score (nSPS) is 11.8. The van der Waals surface area contributed by atoms with E-state index in [4.69, 9.17) is 10.00 Å². The second-order valence-electron chi connectivity index (χ2n) is 2.81. The van der Waals surface area contributed by atoms with Crippen molar-refractivity contribution in [2.24, 2.45) is 0 Å². The van der Waals surface area contributed by atoms with E-state index in [2.05, 4.69) is 15.3 Å². The van der Waals surface area contributed by atoms with Gasteiger partial charge in [-0.2, -0.15) is 5.26 Å². The summed E-state index contributed by atoms with van der Waals surface area (Å²) in [5, 5.41) is 11.7. The quantitative estimate of drug-likeness (QED) is 0.744. The monoisotopic (exact) mass is 192 g/mol. The maximum absolute atomic E-state index is 8.71. The summed E-state index contributed by atoms with van der Waals surface area (Å²) < 4.78 is 5.42. The maximum atomic E-state index is 8.71. The first kappa shape index (κ1) is 10.4. The second kappa shape index (κ2) is 5.14. The zero-order valence-electron chi connectivity index (χ0n) is 8.19. The summed E-state index contributed by atoms with van der Waals surface area (Å²) in [5.41, 5.74) is 0.218. The van der Waals surface area contributed by atoms with E-state index in [9.17, 15) is 0 Å². The van der Waals surface area contributed by atoms with Crippen molar-refractivity contribution in [1.82, 2.24) is 15.3 Å². The summed E-state index contributed by atoms with van der Waals surface area (Å²) in [5.74, 6) is 0.290. The van der Waals surface area contributed by atoms with Crippen LogP contribution in [0.25, 0.3) is 0 Å². The Morgan fingerprint density at radius 1 is 1.57 bits per heavy atom. The Balaban J connectivity index is 2.71. The molecule has 0 radical (unpaired) electrons. The van der Waals surface area contributed by atoms with Gasteiger partial charge in [0.2, 0.25) is 5.69 Å². The van der Waals surface area contributed by atoms with Gasteiger partial charge in [0.25, 0.3) is 5.88 Å². The van der Waals surface area contributed by atoms with Crippen molar-refractivity contribution >= 4 is 0 Å². The lowest BCUT2D eigenvalue weighted by molar-refractivity contribution is 0.210. The number of nitrogens with one attached hydrogen (secondary N) is 1. The summed E-state index contributed by atoms with van der Waals surface area (Å²) in [6.45, 7) is 2.59. The molecule has 0 aliphatic heterocycles. The zero-order valence-corrected chi connectivity index (χ0v) is 8.19. The van der Waals surface area contributed by atoms with E-state index in [-0.39, 0.29) is 17.7 Å². The molecule has 14 heavy (non-hydrogen) atoms. The predicted molar refractivity (Wildman–Crippen MR) is 50.8 cm³/mol. The van der Waals surface area contributed by atoms with Crippen molar-refractivity contribution in [3.63, 3.8) is 0 Å². The van der Waals surface area contributed by atoms with Crippen LogP contribution in [0.1, 0.15) is 12.6 Å². The zero-order chi connectivity index (χ0) is 10.4. The summed E-state index contributed by atoms with van der Waals surface area (Å²) in [7, 11) is 1.84. The number of hydrogen-bond donors (Lipinski definition) is 1. The molecule has 1 heterocycles. The van der Waals surface area contributed by atoms with Crippen LogP contribution in [0.2, 0.25) is 0 Å². The van der Waals surface area contributed by atoms with Crippen LogP contribution in [0.5, 0.6) is 5.88 Å². The Labute approximate surface area is 82.8 Å². The van der Waals surface area contributed by atoms with Crippen LogP contribution in [0.4, 0.5) is 0 Å². The first-order chi connectivity index (χ1) is 6.77. The van der Waals surface area contributed by atoms with Gasteiger partial charge in [-0.15, -0.1) is 0 Å². The predicted octanol–water partition coefficient (Wildman–Crippen LogP) is 0.335. The minimum Gasteiger partial charge on any atom is -0.471 e. The van der Waals surface area contributed by atoms with Gasteiger partial charge in [-0.3, -0.25) is 0 Å². The van der Waals surface area contributed by atoms with Crippen molar-refractivity contribution in [2.45, 2.75) is 13.0 Å². The molecule has 0 aliphatic carbocycles. The molecule has 0 aromatic carbocycles. The van der Waals surface area contributed by atoms with Gasteiger partial charge in [0, 0.05) is 18.9 Å². The highest BCUT2D eigenvalue weighted by molar-refractivity contribution is 5.29. The fourth-order valence-corrected chi connectivity index (χ4v) is 1.01. The first-order valence-corrected chi connectivity index (χ1v) is 4.30. The Morgan fingerprint density at radius 2 is 2.29 bits per heavy atom. The SMILES string of the molecule is CNCC(C)Oc1nccnc1C#N. The molecule has 5 nitrogen and oxygen atoms in total. The highest BCUT2D eigenvalue weighted by Crippen LogP contribution is 2.11. The second-order valence-corrected chi connectivity index (χ2v) is 2.81. The lowest BCUT2D eigenvalue weighted by Crippen LogP contribution is -2.26. The third-order valence-electron chi connectivity index (χ3n) is 1.57. The molecule has 0 saturated carbocycles. The molecule has 1 aromatic rings. The van der Waals surface area contributed by atoms with Crippen LogP contribution in [-0.4, -0.2) is 29.7 Å². The number of hydrogen-bond acceptors (Lipinski definition) is 5. The van der Waals surface area contributed by atoms with Crippen LogP contribution >= 0.6 is 0 Å². The van der Waals surface area contributed by atoms with Gasteiger partial charge in [-0.25, -0.2) is 9.97 Å². The van der Waals surface area contributed by atoms with Gasteiger partial charge in [-0.05, 0) is 14.0 Å². The van der Waals surface area contributed by atoms with E-state index in [0.29, 0.717) is 6.54 Å². The molecule has 0 aliphatic rings. The van der Waals surface area contributed by atoms with Gasteiger partial charge in [0.1, 0.15) is 12.2 Å². The molecule has 0 bridgehead atoms. The van der Waals surface area contributed by atoms with Crippen molar-refractivity contribution < 1.29 is 4.74 Å². The largest absolute Gasteiger partial charge is 0.471 e. The van der Waals surface area contributed by atoms with Crippen molar-refractivity contribution in [3.8, 4) is 11.9 Å². The van der Waals surface area contributed by atoms with Gasteiger partial charge < -0.3 is 10.1 Å². The van der Waals surface area contributed by atoms with Crippen molar-refractivity contribution in [1.29, 1.82) is 5.26 Å². The Kier molecular flexibility index (Phi) is 3.83. The van der Waals surface area contributed by atoms with E-state index < -0.39 is 0 Å². The molecule has 1 unspecified atom stereocenters. The van der Waals surface area contributed by atoms with Gasteiger partial charge >= 0.3 is 0 Å². The fraction of sp³-hybridized carbons (Fsp3) is 0.444. The Morgan fingerprint density at radius 3 is 2.93 bits per heavy atom.